The zero-order chi connectivity index (χ0) is 12.4. The average molecular weight is 234 g/mol. The van der Waals surface area contributed by atoms with Gasteiger partial charge in [0.05, 0.1) is 25.4 Å². The van der Waals surface area contributed by atoms with Gasteiger partial charge in [-0.1, -0.05) is 0 Å². The smallest absolute Gasteiger partial charge is 0.0897 e. The van der Waals surface area contributed by atoms with E-state index in [9.17, 15) is 5.11 Å². The Hall–Kier alpha value is -0.200. The molecular formula is C11H26N2O3. The average Bonchev–Trinajstić information content (AvgIpc) is 2.22. The summed E-state index contributed by atoms with van der Waals surface area (Å²) >= 11 is 0. The van der Waals surface area contributed by atoms with E-state index in [0.717, 1.165) is 13.1 Å². The van der Waals surface area contributed by atoms with Crippen LogP contribution in [0, 0.1) is 0 Å². The van der Waals surface area contributed by atoms with Crippen LogP contribution in [0.15, 0.2) is 0 Å². The summed E-state index contributed by atoms with van der Waals surface area (Å²) in [6.45, 7) is 5.23. The summed E-state index contributed by atoms with van der Waals surface area (Å²) in [5.74, 6) is 0. The Labute approximate surface area is 98.7 Å². The van der Waals surface area contributed by atoms with Gasteiger partial charge in [0.25, 0.3) is 0 Å². The SMILES string of the molecule is COCC(C)OCC(O)CNCCN(C)C. The maximum Gasteiger partial charge on any atom is 0.0897 e. The van der Waals surface area contributed by atoms with E-state index >= 15 is 0 Å². The standard InChI is InChI=1S/C11H26N2O3/c1-10(8-15-4)16-9-11(14)7-12-5-6-13(2)3/h10-12,14H,5-9H2,1-4H3. The van der Waals surface area contributed by atoms with Crippen molar-refractivity contribution in [3.63, 3.8) is 0 Å². The van der Waals surface area contributed by atoms with Gasteiger partial charge in [-0.05, 0) is 21.0 Å². The maximum absolute atomic E-state index is 9.59. The highest BCUT2D eigenvalue weighted by Gasteiger charge is 2.07. The summed E-state index contributed by atoms with van der Waals surface area (Å²) in [6, 6.07) is 0. The minimum absolute atomic E-state index is 0.0291. The van der Waals surface area contributed by atoms with Crippen LogP contribution in [-0.2, 0) is 9.47 Å². The fourth-order valence-corrected chi connectivity index (χ4v) is 1.19. The molecule has 98 valence electrons. The van der Waals surface area contributed by atoms with E-state index in [1.807, 2.05) is 21.0 Å². The van der Waals surface area contributed by atoms with Crippen LogP contribution in [0.25, 0.3) is 0 Å². The molecule has 0 spiro atoms. The van der Waals surface area contributed by atoms with E-state index in [2.05, 4.69) is 10.2 Å². The van der Waals surface area contributed by atoms with E-state index in [4.69, 9.17) is 9.47 Å². The largest absolute Gasteiger partial charge is 0.389 e. The highest BCUT2D eigenvalue weighted by molar-refractivity contribution is 4.60. The van der Waals surface area contributed by atoms with E-state index in [0.29, 0.717) is 19.8 Å². The summed E-state index contributed by atoms with van der Waals surface area (Å²) in [4.78, 5) is 2.09. The molecule has 0 amide bonds. The molecule has 5 nitrogen and oxygen atoms in total. The molecule has 0 rings (SSSR count). The molecule has 0 aromatic rings. The highest BCUT2D eigenvalue weighted by atomic mass is 16.5. The monoisotopic (exact) mass is 234 g/mol. The van der Waals surface area contributed by atoms with Crippen molar-refractivity contribution in [2.45, 2.75) is 19.1 Å². The number of ether oxygens (including phenoxy) is 2. The zero-order valence-electron chi connectivity index (χ0n) is 10.9. The Morgan fingerprint density at radius 1 is 1.31 bits per heavy atom. The second-order valence-electron chi connectivity index (χ2n) is 4.26. The summed E-state index contributed by atoms with van der Waals surface area (Å²) in [5.41, 5.74) is 0. The predicted octanol–water partition coefficient (Wildman–Crippen LogP) is -0.450. The predicted molar refractivity (Wildman–Crippen MR) is 64.7 cm³/mol. The third kappa shape index (κ3) is 10.3. The van der Waals surface area contributed by atoms with Gasteiger partial charge in [-0.3, -0.25) is 0 Å². The van der Waals surface area contributed by atoms with Crippen molar-refractivity contribution in [1.82, 2.24) is 10.2 Å². The molecule has 5 heteroatoms. The third-order valence-electron chi connectivity index (χ3n) is 2.09. The summed E-state index contributed by atoms with van der Waals surface area (Å²) < 4.78 is 10.3. The van der Waals surface area contributed by atoms with Gasteiger partial charge in [0.15, 0.2) is 0 Å². The van der Waals surface area contributed by atoms with Gasteiger partial charge in [-0.2, -0.15) is 0 Å². The molecule has 0 saturated carbocycles. The molecule has 0 aromatic carbocycles. The van der Waals surface area contributed by atoms with Gasteiger partial charge < -0.3 is 24.8 Å². The molecule has 2 N–H and O–H groups in total. The lowest BCUT2D eigenvalue weighted by atomic mass is 10.3. The lowest BCUT2D eigenvalue weighted by Crippen LogP contribution is -2.35. The van der Waals surface area contributed by atoms with Crippen molar-refractivity contribution in [2.75, 3.05) is 54.1 Å². The first-order chi connectivity index (χ1) is 7.56. The normalized spacial score (nSPS) is 15.4. The van der Waals surface area contributed by atoms with E-state index in [-0.39, 0.29) is 6.10 Å². The number of nitrogens with zero attached hydrogens (tertiary/aromatic N) is 1. The molecule has 0 aliphatic rings. The molecule has 0 heterocycles. The fraction of sp³-hybridized carbons (Fsp3) is 1.00. The number of hydrogen-bond acceptors (Lipinski definition) is 5. The molecule has 0 aliphatic heterocycles. The van der Waals surface area contributed by atoms with Crippen molar-refractivity contribution in [1.29, 1.82) is 0 Å². The van der Waals surface area contributed by atoms with Crippen molar-refractivity contribution in [2.24, 2.45) is 0 Å². The van der Waals surface area contributed by atoms with Crippen LogP contribution in [-0.4, -0.2) is 76.3 Å². The number of hydrogen-bond donors (Lipinski definition) is 2. The Morgan fingerprint density at radius 2 is 2.00 bits per heavy atom. The van der Waals surface area contributed by atoms with Crippen LogP contribution in [0.5, 0.6) is 0 Å². The zero-order valence-corrected chi connectivity index (χ0v) is 10.9. The van der Waals surface area contributed by atoms with Crippen LogP contribution in [0.2, 0.25) is 0 Å². The Kier molecular flexibility index (Phi) is 9.86. The molecule has 0 aromatic heterocycles. The van der Waals surface area contributed by atoms with Crippen molar-refractivity contribution < 1.29 is 14.6 Å². The molecule has 0 fully saturated rings. The molecule has 0 bridgehead atoms. The van der Waals surface area contributed by atoms with Gasteiger partial charge in [-0.15, -0.1) is 0 Å². The Bertz CT molecular complexity index is 156. The first kappa shape index (κ1) is 15.8. The first-order valence-corrected chi connectivity index (χ1v) is 5.70. The summed E-state index contributed by atoms with van der Waals surface area (Å²) in [7, 11) is 5.68. The van der Waals surface area contributed by atoms with Crippen LogP contribution >= 0.6 is 0 Å². The van der Waals surface area contributed by atoms with E-state index in [1.165, 1.54) is 0 Å². The van der Waals surface area contributed by atoms with Gasteiger partial charge >= 0.3 is 0 Å². The number of rotatable bonds is 10. The molecule has 0 saturated heterocycles. The van der Waals surface area contributed by atoms with Crippen LogP contribution in [0.1, 0.15) is 6.92 Å². The number of nitrogens with one attached hydrogen (secondary N) is 1. The second kappa shape index (κ2) is 9.99. The molecule has 2 atom stereocenters. The maximum atomic E-state index is 9.59. The lowest BCUT2D eigenvalue weighted by Gasteiger charge is -2.17. The van der Waals surface area contributed by atoms with Crippen LogP contribution in [0.3, 0.4) is 0 Å². The topological polar surface area (TPSA) is 54.0 Å². The number of aliphatic hydroxyl groups excluding tert-OH is 1. The van der Waals surface area contributed by atoms with Gasteiger partial charge in [0, 0.05) is 26.7 Å². The van der Waals surface area contributed by atoms with Crippen LogP contribution < -0.4 is 5.32 Å². The third-order valence-corrected chi connectivity index (χ3v) is 2.09. The Morgan fingerprint density at radius 3 is 2.56 bits per heavy atom. The molecule has 16 heavy (non-hydrogen) atoms. The van der Waals surface area contributed by atoms with Gasteiger partial charge in [0.2, 0.25) is 0 Å². The molecule has 0 radical (unpaired) electrons. The Balaban J connectivity index is 3.33. The van der Waals surface area contributed by atoms with Crippen LogP contribution in [0.4, 0.5) is 0 Å². The van der Waals surface area contributed by atoms with Crippen molar-refractivity contribution in [3.8, 4) is 0 Å². The van der Waals surface area contributed by atoms with E-state index < -0.39 is 6.10 Å². The molecular weight excluding hydrogens is 208 g/mol. The lowest BCUT2D eigenvalue weighted by molar-refractivity contribution is -0.0310. The highest BCUT2D eigenvalue weighted by Crippen LogP contribution is 1.93. The van der Waals surface area contributed by atoms with Crippen molar-refractivity contribution >= 4 is 0 Å². The first-order valence-electron chi connectivity index (χ1n) is 5.70. The minimum Gasteiger partial charge on any atom is -0.389 e. The van der Waals surface area contributed by atoms with Gasteiger partial charge in [-0.25, -0.2) is 0 Å². The summed E-state index contributed by atoms with van der Waals surface area (Å²) in [5, 5.41) is 12.8. The summed E-state index contributed by atoms with van der Waals surface area (Å²) in [6.07, 6.45) is -0.428. The second-order valence-corrected chi connectivity index (χ2v) is 4.26. The van der Waals surface area contributed by atoms with Gasteiger partial charge in [0.1, 0.15) is 0 Å². The fourth-order valence-electron chi connectivity index (χ4n) is 1.19. The molecule has 2 unspecified atom stereocenters. The minimum atomic E-state index is -0.457. The molecule has 0 aliphatic carbocycles. The van der Waals surface area contributed by atoms with E-state index in [1.54, 1.807) is 7.11 Å². The number of methoxy groups -OCH3 is 1. The number of aliphatic hydroxyl groups is 1. The van der Waals surface area contributed by atoms with Crippen molar-refractivity contribution in [3.05, 3.63) is 0 Å². The quantitative estimate of drug-likeness (QED) is 0.502. The number of likely N-dealkylation sites (N-methyl/N-ethyl adjacent to an activating group) is 1.